The van der Waals surface area contributed by atoms with Crippen molar-refractivity contribution in [3.05, 3.63) is 30.6 Å². The first kappa shape index (κ1) is 17.4. The molecule has 1 heterocycles. The first-order chi connectivity index (χ1) is 11.5. The van der Waals surface area contributed by atoms with Gasteiger partial charge in [-0.3, -0.25) is 9.59 Å². The minimum atomic E-state index is -0.668. The van der Waals surface area contributed by atoms with E-state index in [1.54, 1.807) is 45.3 Å². The van der Waals surface area contributed by atoms with Crippen molar-refractivity contribution in [1.82, 2.24) is 30.4 Å². The van der Waals surface area contributed by atoms with Crippen LogP contribution < -0.4 is 10.1 Å². The molecule has 9 nitrogen and oxygen atoms in total. The highest BCUT2D eigenvalue weighted by atomic mass is 16.5. The highest BCUT2D eigenvalue weighted by Gasteiger charge is 2.15. The van der Waals surface area contributed by atoms with Crippen molar-refractivity contribution in [3.63, 3.8) is 0 Å². The van der Waals surface area contributed by atoms with Crippen LogP contribution in [0.4, 0.5) is 0 Å². The molecule has 128 valence electrons. The molecule has 0 saturated carbocycles. The average Bonchev–Trinajstić information content (AvgIpc) is 3.09. The molecule has 0 aliphatic carbocycles. The molecule has 0 fully saturated rings. The minimum absolute atomic E-state index is 0.0398. The molecular weight excluding hydrogens is 312 g/mol. The Labute approximate surface area is 139 Å². The number of carbonyl (C=O) groups is 2. The van der Waals surface area contributed by atoms with Crippen LogP contribution in [0, 0.1) is 0 Å². The van der Waals surface area contributed by atoms with Gasteiger partial charge in [0.25, 0.3) is 5.91 Å². The zero-order valence-electron chi connectivity index (χ0n) is 13.8. The minimum Gasteiger partial charge on any atom is -0.481 e. The van der Waals surface area contributed by atoms with E-state index in [0.29, 0.717) is 5.75 Å². The number of nitrogens with one attached hydrogen (secondary N) is 1. The normalized spacial score (nSPS) is 11.6. The molecule has 1 aromatic carbocycles. The second kappa shape index (κ2) is 8.04. The predicted molar refractivity (Wildman–Crippen MR) is 85.6 cm³/mol. The Kier molecular flexibility index (Phi) is 5.83. The van der Waals surface area contributed by atoms with Gasteiger partial charge in [0.2, 0.25) is 5.91 Å². The number of carbonyl (C=O) groups excluding carboxylic acids is 2. The Balaban J connectivity index is 1.82. The van der Waals surface area contributed by atoms with Gasteiger partial charge in [0.15, 0.2) is 6.10 Å². The maximum absolute atomic E-state index is 12.0. The Morgan fingerprint density at radius 3 is 2.58 bits per heavy atom. The second-order valence-electron chi connectivity index (χ2n) is 5.34. The molecule has 0 unspecified atom stereocenters. The third-order valence-corrected chi connectivity index (χ3v) is 3.27. The average molecular weight is 332 g/mol. The first-order valence-corrected chi connectivity index (χ1v) is 7.45. The fourth-order valence-electron chi connectivity index (χ4n) is 1.87. The quantitative estimate of drug-likeness (QED) is 0.767. The summed E-state index contributed by atoms with van der Waals surface area (Å²) in [4.78, 5) is 24.9. The number of tetrazole rings is 1. The molecule has 0 spiro atoms. The lowest BCUT2D eigenvalue weighted by molar-refractivity contribution is -0.129. The zero-order valence-corrected chi connectivity index (χ0v) is 13.8. The van der Waals surface area contributed by atoms with Crippen molar-refractivity contribution in [3.8, 4) is 11.4 Å². The number of hydrogen-bond acceptors (Lipinski definition) is 6. The Bertz CT molecular complexity index is 669. The number of hydrogen-bond donors (Lipinski definition) is 1. The molecule has 0 aliphatic heterocycles. The van der Waals surface area contributed by atoms with Crippen LogP contribution in [-0.4, -0.2) is 63.7 Å². The summed E-state index contributed by atoms with van der Waals surface area (Å²) in [5.74, 6) is 0.243. The summed E-state index contributed by atoms with van der Waals surface area (Å²) < 4.78 is 7.10. The van der Waals surface area contributed by atoms with Crippen molar-refractivity contribution in [1.29, 1.82) is 0 Å². The maximum Gasteiger partial charge on any atom is 0.260 e. The molecule has 0 saturated heterocycles. The first-order valence-electron chi connectivity index (χ1n) is 7.45. The SMILES string of the molecule is C[C@H](Oc1ccc(-n2cnnn2)cc1)C(=O)NCCC(=O)N(C)C. The van der Waals surface area contributed by atoms with Gasteiger partial charge < -0.3 is 15.0 Å². The van der Waals surface area contributed by atoms with E-state index in [-0.39, 0.29) is 24.8 Å². The largest absolute Gasteiger partial charge is 0.481 e. The predicted octanol–water partition coefficient (Wildman–Crippen LogP) is 0.0241. The van der Waals surface area contributed by atoms with Gasteiger partial charge in [-0.2, -0.15) is 0 Å². The van der Waals surface area contributed by atoms with Crippen molar-refractivity contribution >= 4 is 11.8 Å². The zero-order chi connectivity index (χ0) is 17.5. The summed E-state index contributed by atoms with van der Waals surface area (Å²) in [6.07, 6.45) is 1.07. The Hall–Kier alpha value is -2.97. The highest BCUT2D eigenvalue weighted by molar-refractivity contribution is 5.81. The summed E-state index contributed by atoms with van der Waals surface area (Å²) in [6.45, 7) is 1.93. The summed E-state index contributed by atoms with van der Waals surface area (Å²) in [6, 6.07) is 7.03. The van der Waals surface area contributed by atoms with Gasteiger partial charge in [-0.05, 0) is 41.6 Å². The molecule has 1 aromatic heterocycles. The van der Waals surface area contributed by atoms with Crippen LogP contribution in [-0.2, 0) is 9.59 Å². The molecule has 0 aliphatic rings. The lowest BCUT2D eigenvalue weighted by Gasteiger charge is -2.15. The summed E-state index contributed by atoms with van der Waals surface area (Å²) in [5, 5.41) is 13.6. The van der Waals surface area contributed by atoms with Crippen LogP contribution in [0.2, 0.25) is 0 Å². The third kappa shape index (κ3) is 4.77. The van der Waals surface area contributed by atoms with E-state index in [9.17, 15) is 9.59 Å². The van der Waals surface area contributed by atoms with Gasteiger partial charge >= 0.3 is 0 Å². The number of rotatable bonds is 7. The van der Waals surface area contributed by atoms with E-state index in [1.807, 2.05) is 0 Å². The van der Waals surface area contributed by atoms with Crippen LogP contribution in [0.1, 0.15) is 13.3 Å². The van der Waals surface area contributed by atoms with Gasteiger partial charge in [-0.1, -0.05) is 0 Å². The van der Waals surface area contributed by atoms with E-state index in [2.05, 4.69) is 20.8 Å². The van der Waals surface area contributed by atoms with Gasteiger partial charge in [0.1, 0.15) is 12.1 Å². The molecule has 24 heavy (non-hydrogen) atoms. The van der Waals surface area contributed by atoms with Gasteiger partial charge in [0.05, 0.1) is 5.69 Å². The topological polar surface area (TPSA) is 102 Å². The van der Waals surface area contributed by atoms with Crippen molar-refractivity contribution < 1.29 is 14.3 Å². The fraction of sp³-hybridized carbons (Fsp3) is 0.400. The summed E-state index contributed by atoms with van der Waals surface area (Å²) in [5.41, 5.74) is 0.784. The molecule has 9 heteroatoms. The van der Waals surface area contributed by atoms with Gasteiger partial charge in [-0.25, -0.2) is 4.68 Å². The van der Waals surface area contributed by atoms with E-state index >= 15 is 0 Å². The number of ether oxygens (including phenoxy) is 1. The van der Waals surface area contributed by atoms with Gasteiger partial charge in [0, 0.05) is 27.1 Å². The summed E-state index contributed by atoms with van der Waals surface area (Å²) in [7, 11) is 3.35. The Morgan fingerprint density at radius 1 is 1.29 bits per heavy atom. The molecule has 2 amide bonds. The van der Waals surface area contributed by atoms with Crippen LogP contribution in [0.25, 0.3) is 5.69 Å². The van der Waals surface area contributed by atoms with E-state index < -0.39 is 6.10 Å². The highest BCUT2D eigenvalue weighted by Crippen LogP contribution is 2.15. The van der Waals surface area contributed by atoms with Crippen LogP contribution in [0.15, 0.2) is 30.6 Å². The maximum atomic E-state index is 12.0. The van der Waals surface area contributed by atoms with E-state index in [1.165, 1.54) is 15.9 Å². The van der Waals surface area contributed by atoms with Gasteiger partial charge in [-0.15, -0.1) is 5.10 Å². The summed E-state index contributed by atoms with van der Waals surface area (Å²) >= 11 is 0. The fourth-order valence-corrected chi connectivity index (χ4v) is 1.87. The molecule has 0 bridgehead atoms. The molecule has 0 radical (unpaired) electrons. The molecular formula is C15H20N6O3. The number of amides is 2. The van der Waals surface area contributed by atoms with E-state index in [0.717, 1.165) is 5.69 Å². The van der Waals surface area contributed by atoms with Crippen molar-refractivity contribution in [2.24, 2.45) is 0 Å². The number of benzene rings is 1. The molecule has 2 aromatic rings. The molecule has 2 rings (SSSR count). The lowest BCUT2D eigenvalue weighted by Crippen LogP contribution is -2.38. The van der Waals surface area contributed by atoms with Crippen molar-refractivity contribution in [2.75, 3.05) is 20.6 Å². The van der Waals surface area contributed by atoms with Crippen LogP contribution in [0.5, 0.6) is 5.75 Å². The second-order valence-corrected chi connectivity index (χ2v) is 5.34. The monoisotopic (exact) mass is 332 g/mol. The van der Waals surface area contributed by atoms with Crippen LogP contribution >= 0.6 is 0 Å². The Morgan fingerprint density at radius 2 is 2.00 bits per heavy atom. The molecule has 1 N–H and O–H groups in total. The number of aromatic nitrogens is 4. The van der Waals surface area contributed by atoms with E-state index in [4.69, 9.17) is 4.74 Å². The standard InChI is InChI=1S/C15H20N6O3/c1-11(15(23)16-9-8-14(22)20(2)3)24-13-6-4-12(5-7-13)21-10-17-18-19-21/h4-7,10-11H,8-9H2,1-3H3,(H,16,23)/t11-/m0/s1. The van der Waals surface area contributed by atoms with Crippen molar-refractivity contribution in [2.45, 2.75) is 19.4 Å². The number of nitrogens with zero attached hydrogens (tertiary/aromatic N) is 5. The lowest BCUT2D eigenvalue weighted by atomic mass is 10.3. The van der Waals surface area contributed by atoms with Crippen LogP contribution in [0.3, 0.4) is 0 Å². The molecule has 1 atom stereocenters. The smallest absolute Gasteiger partial charge is 0.260 e. The third-order valence-electron chi connectivity index (χ3n) is 3.27.